The Kier molecular flexibility index (Phi) is 3.16. The number of likely N-dealkylation sites (tertiary alicyclic amines) is 1. The molecule has 1 N–H and O–H groups in total. The molecule has 3 atom stereocenters. The van der Waals surface area contributed by atoms with Gasteiger partial charge in [-0.25, -0.2) is 4.98 Å². The number of hydrogen-bond acceptors (Lipinski definition) is 3. The smallest absolute Gasteiger partial charge is 0.240 e. The third-order valence-electron chi connectivity index (χ3n) is 2.82. The first-order chi connectivity index (χ1) is 7.59. The van der Waals surface area contributed by atoms with E-state index in [1.165, 1.54) is 0 Å². The van der Waals surface area contributed by atoms with Crippen LogP contribution in [-0.4, -0.2) is 50.0 Å². The maximum atomic E-state index is 11.7. The van der Waals surface area contributed by atoms with E-state index in [1.807, 2.05) is 4.57 Å². The van der Waals surface area contributed by atoms with Gasteiger partial charge in [0.1, 0.15) is 5.38 Å². The van der Waals surface area contributed by atoms with Gasteiger partial charge in [-0.2, -0.15) is 0 Å². The van der Waals surface area contributed by atoms with Gasteiger partial charge in [-0.15, -0.1) is 11.6 Å². The molecule has 1 fully saturated rings. The molecule has 2 heterocycles. The fourth-order valence-corrected chi connectivity index (χ4v) is 2.10. The topological polar surface area (TPSA) is 58.4 Å². The zero-order valence-corrected chi connectivity index (χ0v) is 9.71. The Morgan fingerprint density at radius 2 is 2.38 bits per heavy atom. The number of carbonyl (C=O) groups excluding carboxylic acids is 1. The second kappa shape index (κ2) is 4.43. The molecule has 1 aliphatic rings. The molecule has 16 heavy (non-hydrogen) atoms. The van der Waals surface area contributed by atoms with Crippen LogP contribution in [-0.2, 0) is 4.79 Å². The lowest BCUT2D eigenvalue weighted by molar-refractivity contribution is -0.129. The van der Waals surface area contributed by atoms with Crippen LogP contribution < -0.4 is 0 Å². The maximum absolute atomic E-state index is 11.7. The lowest BCUT2D eigenvalue weighted by atomic mass is 10.2. The fourth-order valence-electron chi connectivity index (χ4n) is 1.96. The molecule has 0 unspecified atom stereocenters. The summed E-state index contributed by atoms with van der Waals surface area (Å²) in [5, 5.41) is 9.33. The van der Waals surface area contributed by atoms with Crippen molar-refractivity contribution < 1.29 is 9.90 Å². The van der Waals surface area contributed by atoms with E-state index in [0.717, 1.165) is 0 Å². The molecule has 1 aromatic heterocycles. The number of hydrogen-bond donors (Lipinski definition) is 1. The van der Waals surface area contributed by atoms with Crippen LogP contribution in [0.4, 0.5) is 0 Å². The van der Waals surface area contributed by atoms with Crippen molar-refractivity contribution in [2.75, 3.05) is 13.1 Å². The number of rotatable bonds is 2. The summed E-state index contributed by atoms with van der Waals surface area (Å²) in [6.45, 7) is 2.45. The molecule has 1 aromatic rings. The van der Waals surface area contributed by atoms with E-state index in [1.54, 1.807) is 30.5 Å². The quantitative estimate of drug-likeness (QED) is 0.758. The molecule has 1 saturated heterocycles. The van der Waals surface area contributed by atoms with Gasteiger partial charge in [0.25, 0.3) is 0 Å². The predicted molar refractivity (Wildman–Crippen MR) is 59.2 cm³/mol. The highest BCUT2D eigenvalue weighted by Crippen LogP contribution is 2.23. The molecule has 0 spiro atoms. The minimum absolute atomic E-state index is 0.123. The van der Waals surface area contributed by atoms with E-state index in [4.69, 9.17) is 11.6 Å². The van der Waals surface area contributed by atoms with Crippen LogP contribution >= 0.6 is 11.6 Å². The van der Waals surface area contributed by atoms with Crippen LogP contribution in [0.5, 0.6) is 0 Å². The second-order valence-corrected chi connectivity index (χ2v) is 4.66. The number of carbonyl (C=O) groups is 1. The summed E-state index contributed by atoms with van der Waals surface area (Å²) in [5.74, 6) is -0.136. The third-order valence-corrected chi connectivity index (χ3v) is 3.01. The summed E-state index contributed by atoms with van der Waals surface area (Å²) in [7, 11) is 0. The number of amides is 1. The number of imidazole rings is 1. The van der Waals surface area contributed by atoms with E-state index in [0.29, 0.717) is 13.1 Å². The molecule has 0 saturated carbocycles. The van der Waals surface area contributed by atoms with E-state index < -0.39 is 11.5 Å². The van der Waals surface area contributed by atoms with E-state index in [2.05, 4.69) is 4.98 Å². The molecule has 5 nitrogen and oxygen atoms in total. The van der Waals surface area contributed by atoms with Gasteiger partial charge in [0.15, 0.2) is 0 Å². The Bertz CT molecular complexity index is 366. The predicted octanol–water partition coefficient (Wildman–Crippen LogP) is 0.255. The monoisotopic (exact) mass is 243 g/mol. The van der Waals surface area contributed by atoms with Crippen molar-refractivity contribution in [1.82, 2.24) is 14.5 Å². The van der Waals surface area contributed by atoms with Crippen molar-refractivity contribution in [3.8, 4) is 0 Å². The summed E-state index contributed by atoms with van der Waals surface area (Å²) in [4.78, 5) is 17.2. The van der Waals surface area contributed by atoms with Crippen LogP contribution in [0.3, 0.4) is 0 Å². The first-order valence-electron chi connectivity index (χ1n) is 5.18. The van der Waals surface area contributed by atoms with Crippen molar-refractivity contribution in [2.24, 2.45) is 0 Å². The highest BCUT2D eigenvalue weighted by atomic mass is 35.5. The zero-order chi connectivity index (χ0) is 11.7. The normalized spacial score (nSPS) is 27.1. The number of aromatic nitrogens is 2. The molecular weight excluding hydrogens is 230 g/mol. The minimum Gasteiger partial charge on any atom is -0.389 e. The van der Waals surface area contributed by atoms with Gasteiger partial charge in [-0.3, -0.25) is 4.79 Å². The number of alkyl halides is 1. The molecule has 0 aliphatic carbocycles. The summed E-state index contributed by atoms with van der Waals surface area (Å²) < 4.78 is 1.82. The van der Waals surface area contributed by atoms with E-state index in [-0.39, 0.29) is 11.9 Å². The fraction of sp³-hybridized carbons (Fsp3) is 0.600. The number of aliphatic hydroxyl groups is 1. The molecule has 0 radical (unpaired) electrons. The molecule has 0 aromatic carbocycles. The van der Waals surface area contributed by atoms with Gasteiger partial charge < -0.3 is 14.6 Å². The SMILES string of the molecule is C[C@H](Cl)C(=O)N1C[C@@H](O)[C@@H](n2ccnc2)C1. The largest absolute Gasteiger partial charge is 0.389 e. The number of β-amino-alcohol motifs (C(OH)–C–C–N with tert-alkyl or cyclic N) is 1. The maximum Gasteiger partial charge on any atom is 0.240 e. The van der Waals surface area contributed by atoms with Crippen molar-refractivity contribution in [1.29, 1.82) is 0 Å². The average Bonchev–Trinajstić information content (AvgIpc) is 2.84. The standard InChI is InChI=1S/C10H14ClN3O2/c1-7(11)10(16)14-4-8(9(15)5-14)13-3-2-12-6-13/h2-3,6-9,15H,4-5H2,1H3/t7-,8-,9+/m0/s1. The molecule has 0 bridgehead atoms. The molecular formula is C10H14ClN3O2. The van der Waals surface area contributed by atoms with Gasteiger partial charge in [0.2, 0.25) is 5.91 Å². The highest BCUT2D eigenvalue weighted by molar-refractivity contribution is 6.30. The molecule has 88 valence electrons. The third kappa shape index (κ3) is 2.05. The van der Waals surface area contributed by atoms with Crippen LogP contribution in [0.1, 0.15) is 13.0 Å². The Hall–Kier alpha value is -1.07. The van der Waals surface area contributed by atoms with Crippen molar-refractivity contribution >= 4 is 17.5 Å². The zero-order valence-electron chi connectivity index (χ0n) is 8.95. The molecule has 1 aliphatic heterocycles. The van der Waals surface area contributed by atoms with Gasteiger partial charge in [-0.05, 0) is 6.92 Å². The Labute approximate surface area is 98.6 Å². The summed E-state index contributed by atoms with van der Waals surface area (Å²) in [6.07, 6.45) is 4.52. The lowest BCUT2D eigenvalue weighted by Crippen LogP contribution is -2.34. The lowest BCUT2D eigenvalue weighted by Gasteiger charge is -2.17. The highest BCUT2D eigenvalue weighted by Gasteiger charge is 2.35. The van der Waals surface area contributed by atoms with E-state index in [9.17, 15) is 9.90 Å². The summed E-state index contributed by atoms with van der Waals surface area (Å²) >= 11 is 5.74. The average molecular weight is 244 g/mol. The molecule has 1 amide bonds. The number of aliphatic hydroxyl groups excluding tert-OH is 1. The van der Waals surface area contributed by atoms with Gasteiger partial charge >= 0.3 is 0 Å². The Morgan fingerprint density at radius 1 is 1.62 bits per heavy atom. The molecule has 6 heteroatoms. The van der Waals surface area contributed by atoms with Crippen molar-refractivity contribution in [2.45, 2.75) is 24.4 Å². The second-order valence-electron chi connectivity index (χ2n) is 4.00. The van der Waals surface area contributed by atoms with Crippen LogP contribution in [0, 0.1) is 0 Å². The van der Waals surface area contributed by atoms with Gasteiger partial charge in [0, 0.05) is 25.5 Å². The van der Waals surface area contributed by atoms with Crippen LogP contribution in [0.15, 0.2) is 18.7 Å². The Morgan fingerprint density at radius 3 is 2.94 bits per heavy atom. The van der Waals surface area contributed by atoms with Gasteiger partial charge in [-0.1, -0.05) is 0 Å². The van der Waals surface area contributed by atoms with Gasteiger partial charge in [0.05, 0.1) is 18.5 Å². The first kappa shape index (κ1) is 11.4. The summed E-state index contributed by atoms with van der Waals surface area (Å²) in [6, 6.07) is -0.123. The Balaban J connectivity index is 2.08. The van der Waals surface area contributed by atoms with Crippen molar-refractivity contribution in [3.05, 3.63) is 18.7 Å². The number of halogens is 1. The first-order valence-corrected chi connectivity index (χ1v) is 5.61. The van der Waals surface area contributed by atoms with E-state index >= 15 is 0 Å². The van der Waals surface area contributed by atoms with Crippen LogP contribution in [0.25, 0.3) is 0 Å². The van der Waals surface area contributed by atoms with Crippen LogP contribution in [0.2, 0.25) is 0 Å². The summed E-state index contributed by atoms with van der Waals surface area (Å²) in [5.41, 5.74) is 0. The van der Waals surface area contributed by atoms with Crippen molar-refractivity contribution in [3.63, 3.8) is 0 Å². The number of nitrogens with zero attached hydrogens (tertiary/aromatic N) is 3. The minimum atomic E-state index is -0.562. The molecule has 2 rings (SSSR count).